The summed E-state index contributed by atoms with van der Waals surface area (Å²) < 4.78 is 0. The Bertz CT molecular complexity index is 450. The Hall–Kier alpha value is -0.860. The van der Waals surface area contributed by atoms with Crippen molar-refractivity contribution in [3.05, 3.63) is 34.9 Å². The molecule has 0 bridgehead atoms. The van der Waals surface area contributed by atoms with Crippen LogP contribution < -0.4 is 11.3 Å². The molecule has 2 atom stereocenters. The van der Waals surface area contributed by atoms with Crippen molar-refractivity contribution < 1.29 is 0 Å². The predicted octanol–water partition coefficient (Wildman–Crippen LogP) is 2.60. The van der Waals surface area contributed by atoms with Crippen LogP contribution in [0.1, 0.15) is 43.4 Å². The average Bonchev–Trinajstić information content (AvgIpc) is 2.77. The largest absolute Gasteiger partial charge is 0.271 e. The molecule has 1 saturated carbocycles. The molecular formula is C16H24N2. The van der Waals surface area contributed by atoms with Crippen LogP contribution in [0.5, 0.6) is 0 Å². The molecule has 0 saturated heterocycles. The molecule has 0 spiro atoms. The molecule has 2 aliphatic carbocycles. The summed E-state index contributed by atoms with van der Waals surface area (Å²) in [4.78, 5) is 0. The first-order valence-electron chi connectivity index (χ1n) is 7.17. The molecule has 1 aromatic carbocycles. The fourth-order valence-electron chi connectivity index (χ4n) is 3.52. The number of fused-ring (bicyclic) bond motifs is 1. The van der Waals surface area contributed by atoms with Gasteiger partial charge >= 0.3 is 0 Å². The van der Waals surface area contributed by atoms with E-state index in [4.69, 9.17) is 5.84 Å². The summed E-state index contributed by atoms with van der Waals surface area (Å²) in [5.41, 5.74) is 8.09. The lowest BCUT2D eigenvalue weighted by Crippen LogP contribution is -2.39. The van der Waals surface area contributed by atoms with E-state index >= 15 is 0 Å². The highest BCUT2D eigenvalue weighted by molar-refractivity contribution is 5.35. The molecule has 0 radical (unpaired) electrons. The Morgan fingerprint density at radius 2 is 2.06 bits per heavy atom. The van der Waals surface area contributed by atoms with Crippen molar-refractivity contribution in [1.82, 2.24) is 5.43 Å². The van der Waals surface area contributed by atoms with Crippen LogP contribution in [-0.2, 0) is 19.3 Å². The predicted molar refractivity (Wildman–Crippen MR) is 75.2 cm³/mol. The van der Waals surface area contributed by atoms with Crippen molar-refractivity contribution in [1.29, 1.82) is 0 Å². The Morgan fingerprint density at radius 3 is 2.72 bits per heavy atom. The number of hydrogen-bond acceptors (Lipinski definition) is 2. The maximum Gasteiger partial charge on any atom is 0.0284 e. The van der Waals surface area contributed by atoms with E-state index in [1.54, 1.807) is 11.1 Å². The standard InChI is InChI=1S/C16H24N2/c1-16(2)10-14(16)15(18-17)9-11-6-7-12-4-3-5-13(12)8-11/h6-8,14-15,18H,3-5,9-10,17H2,1-2H3. The van der Waals surface area contributed by atoms with Gasteiger partial charge in [-0.25, -0.2) is 0 Å². The lowest BCUT2D eigenvalue weighted by Gasteiger charge is -2.18. The van der Waals surface area contributed by atoms with Gasteiger partial charge in [-0.1, -0.05) is 32.0 Å². The molecule has 3 rings (SSSR count). The highest BCUT2D eigenvalue weighted by Crippen LogP contribution is 2.53. The van der Waals surface area contributed by atoms with Gasteiger partial charge in [0.05, 0.1) is 0 Å². The van der Waals surface area contributed by atoms with Gasteiger partial charge in [0.2, 0.25) is 0 Å². The van der Waals surface area contributed by atoms with E-state index in [-0.39, 0.29) is 0 Å². The number of nitrogens with one attached hydrogen (secondary N) is 1. The number of rotatable bonds is 4. The fourth-order valence-corrected chi connectivity index (χ4v) is 3.52. The highest BCUT2D eigenvalue weighted by atomic mass is 15.2. The first kappa shape index (κ1) is 12.2. The van der Waals surface area contributed by atoms with Crippen LogP contribution in [0.25, 0.3) is 0 Å². The summed E-state index contributed by atoms with van der Waals surface area (Å²) in [7, 11) is 0. The smallest absolute Gasteiger partial charge is 0.0284 e. The van der Waals surface area contributed by atoms with Gasteiger partial charge < -0.3 is 0 Å². The van der Waals surface area contributed by atoms with E-state index < -0.39 is 0 Å². The molecule has 1 aromatic rings. The lowest BCUT2D eigenvalue weighted by atomic mass is 9.96. The van der Waals surface area contributed by atoms with Crippen LogP contribution in [0, 0.1) is 11.3 Å². The number of benzene rings is 1. The Labute approximate surface area is 110 Å². The third kappa shape index (κ3) is 2.19. The van der Waals surface area contributed by atoms with Gasteiger partial charge in [0.25, 0.3) is 0 Å². The maximum absolute atomic E-state index is 5.75. The Balaban J connectivity index is 1.72. The number of hydrogen-bond donors (Lipinski definition) is 2. The summed E-state index contributed by atoms with van der Waals surface area (Å²) >= 11 is 0. The first-order chi connectivity index (χ1) is 8.60. The number of nitrogens with two attached hydrogens (primary N) is 1. The van der Waals surface area contributed by atoms with Crippen molar-refractivity contribution in [2.75, 3.05) is 0 Å². The zero-order valence-electron chi connectivity index (χ0n) is 11.5. The molecule has 3 N–H and O–H groups in total. The van der Waals surface area contributed by atoms with E-state index in [1.807, 2.05) is 0 Å². The van der Waals surface area contributed by atoms with E-state index in [9.17, 15) is 0 Å². The highest BCUT2D eigenvalue weighted by Gasteiger charge is 2.49. The monoisotopic (exact) mass is 244 g/mol. The van der Waals surface area contributed by atoms with Gasteiger partial charge in [-0.3, -0.25) is 11.3 Å². The first-order valence-corrected chi connectivity index (χ1v) is 7.17. The second kappa shape index (κ2) is 4.36. The summed E-state index contributed by atoms with van der Waals surface area (Å²) in [5, 5.41) is 0. The molecule has 1 fully saturated rings. The molecule has 18 heavy (non-hydrogen) atoms. The van der Waals surface area contributed by atoms with E-state index in [2.05, 4.69) is 37.5 Å². The van der Waals surface area contributed by atoms with Crippen LogP contribution in [0.2, 0.25) is 0 Å². The van der Waals surface area contributed by atoms with Crippen molar-refractivity contribution in [3.8, 4) is 0 Å². The molecule has 0 amide bonds. The molecule has 2 unspecified atom stereocenters. The Kier molecular flexibility index (Phi) is 2.95. The van der Waals surface area contributed by atoms with Gasteiger partial charge in [0, 0.05) is 6.04 Å². The second-order valence-electron chi connectivity index (χ2n) is 6.73. The van der Waals surface area contributed by atoms with E-state index in [1.165, 1.54) is 31.2 Å². The lowest BCUT2D eigenvalue weighted by molar-refractivity contribution is 0.408. The van der Waals surface area contributed by atoms with Crippen molar-refractivity contribution in [2.45, 2.75) is 52.0 Å². The minimum Gasteiger partial charge on any atom is -0.271 e. The quantitative estimate of drug-likeness (QED) is 0.631. The van der Waals surface area contributed by atoms with E-state index in [0.29, 0.717) is 11.5 Å². The third-order valence-electron chi connectivity index (χ3n) is 4.91. The van der Waals surface area contributed by atoms with Crippen molar-refractivity contribution in [2.24, 2.45) is 17.2 Å². The SMILES string of the molecule is CC1(C)CC1C(Cc1ccc2c(c1)CCC2)NN. The number of aryl methyl sites for hydroxylation is 2. The van der Waals surface area contributed by atoms with Crippen LogP contribution >= 0.6 is 0 Å². The van der Waals surface area contributed by atoms with Gasteiger partial charge in [-0.2, -0.15) is 0 Å². The molecule has 98 valence electrons. The molecule has 2 aliphatic rings. The van der Waals surface area contributed by atoms with Crippen LogP contribution in [0.3, 0.4) is 0 Å². The maximum atomic E-state index is 5.75. The van der Waals surface area contributed by atoms with Gasteiger partial charge in [0.15, 0.2) is 0 Å². The molecular weight excluding hydrogens is 220 g/mol. The van der Waals surface area contributed by atoms with Crippen LogP contribution in [0.4, 0.5) is 0 Å². The van der Waals surface area contributed by atoms with Crippen molar-refractivity contribution >= 4 is 0 Å². The molecule has 2 heteroatoms. The molecule has 0 heterocycles. The van der Waals surface area contributed by atoms with Crippen LogP contribution in [0.15, 0.2) is 18.2 Å². The molecule has 2 nitrogen and oxygen atoms in total. The molecule has 0 aromatic heterocycles. The zero-order valence-corrected chi connectivity index (χ0v) is 11.5. The topological polar surface area (TPSA) is 38.0 Å². The average molecular weight is 244 g/mol. The fraction of sp³-hybridized carbons (Fsp3) is 0.625. The number of hydrazine groups is 1. The third-order valence-corrected chi connectivity index (χ3v) is 4.91. The summed E-state index contributed by atoms with van der Waals surface area (Å²) in [6, 6.07) is 7.45. The van der Waals surface area contributed by atoms with Crippen LogP contribution in [-0.4, -0.2) is 6.04 Å². The minimum atomic E-state index is 0.430. The summed E-state index contributed by atoms with van der Waals surface area (Å²) in [6.45, 7) is 4.68. The minimum absolute atomic E-state index is 0.430. The molecule has 0 aliphatic heterocycles. The van der Waals surface area contributed by atoms with E-state index in [0.717, 1.165) is 12.3 Å². The second-order valence-corrected chi connectivity index (χ2v) is 6.73. The Morgan fingerprint density at radius 1 is 1.33 bits per heavy atom. The van der Waals surface area contributed by atoms with Gasteiger partial charge in [-0.15, -0.1) is 0 Å². The zero-order chi connectivity index (χ0) is 12.8. The normalized spacial score (nSPS) is 25.8. The summed E-state index contributed by atoms with van der Waals surface area (Å²) in [6.07, 6.45) is 6.22. The summed E-state index contributed by atoms with van der Waals surface area (Å²) in [5.74, 6) is 6.48. The van der Waals surface area contributed by atoms with Gasteiger partial charge in [0.1, 0.15) is 0 Å². The van der Waals surface area contributed by atoms with Gasteiger partial charge in [-0.05, 0) is 60.1 Å². The van der Waals surface area contributed by atoms with Crippen molar-refractivity contribution in [3.63, 3.8) is 0 Å².